The SMILES string of the molecule is CCC(CC)C(=O)N1CCC(NC(=NC)NCCOCC2CCCO2)CC1. The zero-order chi connectivity index (χ0) is 19.5. The van der Waals surface area contributed by atoms with E-state index in [4.69, 9.17) is 9.47 Å². The Kier molecular flexibility index (Phi) is 9.91. The maximum atomic E-state index is 12.5. The summed E-state index contributed by atoms with van der Waals surface area (Å²) in [6.07, 6.45) is 6.30. The van der Waals surface area contributed by atoms with Gasteiger partial charge in [-0.15, -0.1) is 0 Å². The van der Waals surface area contributed by atoms with E-state index in [-0.39, 0.29) is 12.0 Å². The fourth-order valence-corrected chi connectivity index (χ4v) is 3.76. The Labute approximate surface area is 164 Å². The fraction of sp³-hybridized carbons (Fsp3) is 0.900. The molecule has 1 amide bonds. The number of rotatable bonds is 9. The fourth-order valence-electron chi connectivity index (χ4n) is 3.76. The second-order valence-corrected chi connectivity index (χ2v) is 7.47. The number of nitrogens with zero attached hydrogens (tertiary/aromatic N) is 2. The molecule has 2 fully saturated rings. The number of likely N-dealkylation sites (tertiary alicyclic amines) is 1. The lowest BCUT2D eigenvalue weighted by atomic mass is 9.98. The van der Waals surface area contributed by atoms with Gasteiger partial charge in [-0.3, -0.25) is 9.79 Å². The monoisotopic (exact) mass is 382 g/mol. The van der Waals surface area contributed by atoms with Crippen LogP contribution >= 0.6 is 0 Å². The molecule has 0 aliphatic carbocycles. The van der Waals surface area contributed by atoms with Gasteiger partial charge in [-0.25, -0.2) is 0 Å². The molecule has 0 aromatic carbocycles. The lowest BCUT2D eigenvalue weighted by Gasteiger charge is -2.34. The molecule has 1 unspecified atom stereocenters. The average molecular weight is 383 g/mol. The van der Waals surface area contributed by atoms with Gasteiger partial charge in [-0.2, -0.15) is 0 Å². The summed E-state index contributed by atoms with van der Waals surface area (Å²) in [6, 6.07) is 0.356. The van der Waals surface area contributed by atoms with Crippen LogP contribution in [0.3, 0.4) is 0 Å². The van der Waals surface area contributed by atoms with Crippen molar-refractivity contribution in [2.24, 2.45) is 10.9 Å². The predicted molar refractivity (Wildman–Crippen MR) is 108 cm³/mol. The average Bonchev–Trinajstić information content (AvgIpc) is 3.21. The summed E-state index contributed by atoms with van der Waals surface area (Å²) in [5.74, 6) is 1.31. The van der Waals surface area contributed by atoms with Gasteiger partial charge in [-0.1, -0.05) is 13.8 Å². The van der Waals surface area contributed by atoms with E-state index in [2.05, 4.69) is 29.5 Å². The molecule has 7 nitrogen and oxygen atoms in total. The molecule has 2 aliphatic heterocycles. The maximum absolute atomic E-state index is 12.5. The highest BCUT2D eigenvalue weighted by Crippen LogP contribution is 2.17. The molecular weight excluding hydrogens is 344 g/mol. The van der Waals surface area contributed by atoms with Crippen LogP contribution < -0.4 is 10.6 Å². The number of hydrogen-bond acceptors (Lipinski definition) is 4. The molecule has 2 rings (SSSR count). The van der Waals surface area contributed by atoms with Crippen LogP contribution in [0.5, 0.6) is 0 Å². The zero-order valence-electron chi connectivity index (χ0n) is 17.3. The van der Waals surface area contributed by atoms with Crippen molar-refractivity contribution in [3.8, 4) is 0 Å². The first-order valence-corrected chi connectivity index (χ1v) is 10.6. The van der Waals surface area contributed by atoms with E-state index in [1.165, 1.54) is 0 Å². The van der Waals surface area contributed by atoms with Crippen molar-refractivity contribution in [1.29, 1.82) is 0 Å². The first-order valence-electron chi connectivity index (χ1n) is 10.6. The van der Waals surface area contributed by atoms with E-state index < -0.39 is 0 Å². The molecule has 156 valence electrons. The summed E-state index contributed by atoms with van der Waals surface area (Å²) in [6.45, 7) is 8.76. The molecule has 1 atom stereocenters. The topological polar surface area (TPSA) is 75.2 Å². The molecule has 0 bridgehead atoms. The summed E-state index contributed by atoms with van der Waals surface area (Å²) in [5, 5.41) is 6.78. The van der Waals surface area contributed by atoms with Crippen LogP contribution in [0.25, 0.3) is 0 Å². The summed E-state index contributed by atoms with van der Waals surface area (Å²) in [7, 11) is 1.79. The number of hydrogen-bond donors (Lipinski definition) is 2. The minimum Gasteiger partial charge on any atom is -0.377 e. The molecule has 27 heavy (non-hydrogen) atoms. The van der Waals surface area contributed by atoms with Gasteiger partial charge in [0.2, 0.25) is 5.91 Å². The number of guanidine groups is 1. The van der Waals surface area contributed by atoms with Crippen molar-refractivity contribution in [3.05, 3.63) is 0 Å². The molecule has 2 aliphatic rings. The quantitative estimate of drug-likeness (QED) is 0.361. The van der Waals surface area contributed by atoms with Gasteiger partial charge in [-0.05, 0) is 38.5 Å². The van der Waals surface area contributed by atoms with E-state index in [1.807, 2.05) is 4.90 Å². The Balaban J connectivity index is 1.60. The molecular formula is C20H38N4O3. The normalized spacial score (nSPS) is 21.7. The Morgan fingerprint density at radius 3 is 2.59 bits per heavy atom. The standard InChI is InChI=1S/C20H38N4O3/c1-4-16(5-2)19(25)24-11-8-17(9-12-24)23-20(21-3)22-10-14-26-15-18-7-6-13-27-18/h16-18H,4-15H2,1-3H3,(H2,21,22,23). The summed E-state index contributed by atoms with van der Waals surface area (Å²) < 4.78 is 11.2. The van der Waals surface area contributed by atoms with Crippen molar-refractivity contribution in [3.63, 3.8) is 0 Å². The molecule has 0 aromatic rings. The van der Waals surface area contributed by atoms with Crippen molar-refractivity contribution in [1.82, 2.24) is 15.5 Å². The molecule has 7 heteroatoms. The summed E-state index contributed by atoms with van der Waals surface area (Å²) in [4.78, 5) is 18.8. The van der Waals surface area contributed by atoms with Crippen molar-refractivity contribution >= 4 is 11.9 Å². The third-order valence-corrected chi connectivity index (χ3v) is 5.57. The third-order valence-electron chi connectivity index (χ3n) is 5.57. The largest absolute Gasteiger partial charge is 0.377 e. The predicted octanol–water partition coefficient (Wildman–Crippen LogP) is 1.77. The number of carbonyl (C=O) groups excluding carboxylic acids is 1. The molecule has 0 saturated carbocycles. The van der Waals surface area contributed by atoms with E-state index >= 15 is 0 Å². The number of carbonyl (C=O) groups is 1. The number of aliphatic imine (C=N–C) groups is 1. The highest BCUT2D eigenvalue weighted by molar-refractivity contribution is 5.80. The molecule has 0 aromatic heterocycles. The van der Waals surface area contributed by atoms with Gasteiger partial charge >= 0.3 is 0 Å². The van der Waals surface area contributed by atoms with Crippen LogP contribution in [0.2, 0.25) is 0 Å². The Bertz CT molecular complexity index is 454. The van der Waals surface area contributed by atoms with Crippen molar-refractivity contribution in [2.45, 2.75) is 64.5 Å². The van der Waals surface area contributed by atoms with Crippen LogP contribution in [-0.4, -0.2) is 75.4 Å². The van der Waals surface area contributed by atoms with Gasteiger partial charge < -0.3 is 25.0 Å². The van der Waals surface area contributed by atoms with E-state index in [0.717, 1.165) is 70.7 Å². The van der Waals surface area contributed by atoms with Crippen LogP contribution in [0.1, 0.15) is 52.4 Å². The minimum absolute atomic E-state index is 0.179. The number of ether oxygens (including phenoxy) is 2. The second-order valence-electron chi connectivity index (χ2n) is 7.47. The molecule has 2 heterocycles. The van der Waals surface area contributed by atoms with E-state index in [0.29, 0.717) is 25.2 Å². The van der Waals surface area contributed by atoms with Gasteiger partial charge in [0.1, 0.15) is 0 Å². The summed E-state index contributed by atoms with van der Waals surface area (Å²) in [5.41, 5.74) is 0. The lowest BCUT2D eigenvalue weighted by Crippen LogP contribution is -2.51. The second kappa shape index (κ2) is 12.2. The third kappa shape index (κ3) is 7.30. The van der Waals surface area contributed by atoms with Crippen LogP contribution in [0.4, 0.5) is 0 Å². The van der Waals surface area contributed by atoms with Gasteiger partial charge in [0.25, 0.3) is 0 Å². The van der Waals surface area contributed by atoms with Gasteiger partial charge in [0, 0.05) is 45.2 Å². The van der Waals surface area contributed by atoms with Crippen molar-refractivity contribution < 1.29 is 14.3 Å². The van der Waals surface area contributed by atoms with Gasteiger partial charge in [0.15, 0.2) is 5.96 Å². The molecule has 2 N–H and O–H groups in total. The van der Waals surface area contributed by atoms with Gasteiger partial charge in [0.05, 0.1) is 19.3 Å². The lowest BCUT2D eigenvalue weighted by molar-refractivity contribution is -0.136. The highest BCUT2D eigenvalue weighted by atomic mass is 16.5. The molecule has 0 radical (unpaired) electrons. The first kappa shape index (κ1) is 22.0. The van der Waals surface area contributed by atoms with Crippen LogP contribution in [0.15, 0.2) is 4.99 Å². The Hall–Kier alpha value is -1.34. The smallest absolute Gasteiger partial charge is 0.225 e. The summed E-state index contributed by atoms with van der Waals surface area (Å²) >= 11 is 0. The highest BCUT2D eigenvalue weighted by Gasteiger charge is 2.26. The van der Waals surface area contributed by atoms with Crippen molar-refractivity contribution in [2.75, 3.05) is 46.5 Å². The molecule has 0 spiro atoms. The number of piperidine rings is 1. The van der Waals surface area contributed by atoms with E-state index in [1.54, 1.807) is 7.05 Å². The number of amides is 1. The first-order chi connectivity index (χ1) is 13.2. The maximum Gasteiger partial charge on any atom is 0.225 e. The van der Waals surface area contributed by atoms with E-state index in [9.17, 15) is 4.79 Å². The number of nitrogens with one attached hydrogen (secondary N) is 2. The Morgan fingerprint density at radius 2 is 2.00 bits per heavy atom. The van der Waals surface area contributed by atoms with Crippen LogP contribution in [0, 0.1) is 5.92 Å². The Morgan fingerprint density at radius 1 is 1.26 bits per heavy atom. The zero-order valence-corrected chi connectivity index (χ0v) is 17.3. The van der Waals surface area contributed by atoms with Crippen LogP contribution in [-0.2, 0) is 14.3 Å². The molecule has 2 saturated heterocycles. The minimum atomic E-state index is 0.179.